The molecule has 5 rings (SSSR count). The smallest absolute Gasteiger partial charge is 0.241 e. The van der Waals surface area contributed by atoms with Crippen molar-refractivity contribution in [3.63, 3.8) is 0 Å². The SMILES string of the molecule is CC(C(=O)Nc1cccc2ccccc12)N1CCN(C(c2ccccc2)c2ccccc2)CC1. The summed E-state index contributed by atoms with van der Waals surface area (Å²) in [4.78, 5) is 18.0. The molecule has 0 saturated carbocycles. The fraction of sp³-hybridized carbons (Fsp3) is 0.233. The molecule has 0 bridgehead atoms. The van der Waals surface area contributed by atoms with Gasteiger partial charge in [0.25, 0.3) is 0 Å². The van der Waals surface area contributed by atoms with Gasteiger partial charge in [-0.2, -0.15) is 0 Å². The van der Waals surface area contributed by atoms with Gasteiger partial charge in [-0.05, 0) is 29.5 Å². The molecule has 4 nitrogen and oxygen atoms in total. The summed E-state index contributed by atoms with van der Waals surface area (Å²) in [6.45, 7) is 5.57. The summed E-state index contributed by atoms with van der Waals surface area (Å²) in [7, 11) is 0. The number of hydrogen-bond acceptors (Lipinski definition) is 3. The normalized spacial score (nSPS) is 15.9. The molecule has 34 heavy (non-hydrogen) atoms. The second-order valence-corrected chi connectivity index (χ2v) is 8.99. The van der Waals surface area contributed by atoms with E-state index in [0.29, 0.717) is 0 Å². The van der Waals surface area contributed by atoms with E-state index in [2.05, 4.69) is 94.0 Å². The summed E-state index contributed by atoms with van der Waals surface area (Å²) in [5.74, 6) is 0.0486. The molecule has 0 aromatic heterocycles. The molecule has 1 saturated heterocycles. The Morgan fingerprint density at radius 2 is 1.21 bits per heavy atom. The maximum absolute atomic E-state index is 13.1. The van der Waals surface area contributed by atoms with Gasteiger partial charge in [0.2, 0.25) is 5.91 Å². The molecule has 4 aromatic rings. The van der Waals surface area contributed by atoms with Crippen LogP contribution in [0.5, 0.6) is 0 Å². The molecule has 1 N–H and O–H groups in total. The zero-order chi connectivity index (χ0) is 23.3. The van der Waals surface area contributed by atoms with Gasteiger partial charge in [-0.15, -0.1) is 0 Å². The number of benzene rings is 4. The molecule has 0 spiro atoms. The van der Waals surface area contributed by atoms with E-state index in [4.69, 9.17) is 0 Å². The van der Waals surface area contributed by atoms with Gasteiger partial charge in [-0.25, -0.2) is 0 Å². The van der Waals surface area contributed by atoms with E-state index < -0.39 is 0 Å². The summed E-state index contributed by atoms with van der Waals surface area (Å²) in [6.07, 6.45) is 0. The summed E-state index contributed by atoms with van der Waals surface area (Å²) in [6, 6.07) is 35.7. The standard InChI is InChI=1S/C30H31N3O/c1-23(30(34)31-28-18-10-16-24-11-8-9-17-27(24)28)32-19-21-33(22-20-32)29(25-12-4-2-5-13-25)26-14-6-3-7-15-26/h2-18,23,29H,19-22H2,1H3,(H,31,34). The van der Waals surface area contributed by atoms with E-state index in [0.717, 1.165) is 42.6 Å². The maximum atomic E-state index is 13.1. The number of carbonyl (C=O) groups excluding carboxylic acids is 1. The maximum Gasteiger partial charge on any atom is 0.241 e. The highest BCUT2D eigenvalue weighted by Gasteiger charge is 2.30. The minimum atomic E-state index is -0.187. The van der Waals surface area contributed by atoms with Crippen molar-refractivity contribution in [1.82, 2.24) is 9.80 Å². The minimum absolute atomic E-state index is 0.0486. The first-order valence-electron chi connectivity index (χ1n) is 12.1. The van der Waals surface area contributed by atoms with Gasteiger partial charge in [-0.3, -0.25) is 14.6 Å². The van der Waals surface area contributed by atoms with Gasteiger partial charge in [0.05, 0.1) is 12.1 Å². The Morgan fingerprint density at radius 3 is 1.85 bits per heavy atom. The fourth-order valence-corrected chi connectivity index (χ4v) is 5.01. The Hall–Kier alpha value is -3.47. The molecular formula is C30H31N3O. The van der Waals surface area contributed by atoms with Gasteiger partial charge >= 0.3 is 0 Å². The highest BCUT2D eigenvalue weighted by atomic mass is 16.2. The lowest BCUT2D eigenvalue weighted by molar-refractivity contribution is -0.121. The average molecular weight is 450 g/mol. The van der Waals surface area contributed by atoms with Crippen LogP contribution in [0.3, 0.4) is 0 Å². The first kappa shape index (κ1) is 22.3. The van der Waals surface area contributed by atoms with Crippen LogP contribution in [0.4, 0.5) is 5.69 Å². The van der Waals surface area contributed by atoms with Crippen LogP contribution in [-0.4, -0.2) is 47.9 Å². The lowest BCUT2D eigenvalue weighted by Gasteiger charge is -2.41. The van der Waals surface area contributed by atoms with Crippen molar-refractivity contribution in [2.75, 3.05) is 31.5 Å². The van der Waals surface area contributed by atoms with Crippen molar-refractivity contribution >= 4 is 22.4 Å². The van der Waals surface area contributed by atoms with Crippen LogP contribution < -0.4 is 5.32 Å². The lowest BCUT2D eigenvalue weighted by atomic mass is 9.96. The molecule has 1 unspecified atom stereocenters. The Balaban J connectivity index is 1.27. The Bertz CT molecular complexity index is 1190. The van der Waals surface area contributed by atoms with Crippen LogP contribution in [0.2, 0.25) is 0 Å². The number of hydrogen-bond donors (Lipinski definition) is 1. The monoisotopic (exact) mass is 449 g/mol. The molecule has 1 fully saturated rings. The van der Waals surface area contributed by atoms with Crippen LogP contribution in [-0.2, 0) is 4.79 Å². The van der Waals surface area contributed by atoms with Gasteiger partial charge in [0.15, 0.2) is 0 Å². The van der Waals surface area contributed by atoms with Gasteiger partial charge < -0.3 is 5.32 Å². The minimum Gasteiger partial charge on any atom is -0.324 e. The predicted molar refractivity (Wildman–Crippen MR) is 140 cm³/mol. The number of fused-ring (bicyclic) bond motifs is 1. The van der Waals surface area contributed by atoms with Crippen LogP contribution >= 0.6 is 0 Å². The van der Waals surface area contributed by atoms with Crippen LogP contribution in [0.1, 0.15) is 24.1 Å². The van der Waals surface area contributed by atoms with E-state index in [1.807, 2.05) is 31.2 Å². The second kappa shape index (κ2) is 10.2. The summed E-state index contributed by atoms with van der Waals surface area (Å²) >= 11 is 0. The first-order chi connectivity index (χ1) is 16.7. The van der Waals surface area contributed by atoms with E-state index in [1.54, 1.807) is 0 Å². The number of nitrogens with zero attached hydrogens (tertiary/aromatic N) is 2. The molecule has 172 valence electrons. The second-order valence-electron chi connectivity index (χ2n) is 8.99. The molecule has 4 heteroatoms. The third kappa shape index (κ3) is 4.74. The molecule has 0 radical (unpaired) electrons. The van der Waals surface area contributed by atoms with Crippen molar-refractivity contribution in [2.24, 2.45) is 0 Å². The highest BCUT2D eigenvalue weighted by molar-refractivity contribution is 6.03. The largest absolute Gasteiger partial charge is 0.324 e. The Morgan fingerprint density at radius 1 is 0.676 bits per heavy atom. The van der Waals surface area contributed by atoms with E-state index in [-0.39, 0.29) is 18.0 Å². The van der Waals surface area contributed by atoms with Gasteiger partial charge in [0, 0.05) is 37.3 Å². The molecule has 1 aliphatic rings. The van der Waals surface area contributed by atoms with Gasteiger partial charge in [0.1, 0.15) is 0 Å². The van der Waals surface area contributed by atoms with Crippen molar-refractivity contribution in [3.05, 3.63) is 114 Å². The average Bonchev–Trinajstić information content (AvgIpc) is 2.90. The van der Waals surface area contributed by atoms with E-state index in [1.165, 1.54) is 11.1 Å². The predicted octanol–water partition coefficient (Wildman–Crippen LogP) is 5.57. The van der Waals surface area contributed by atoms with E-state index >= 15 is 0 Å². The zero-order valence-corrected chi connectivity index (χ0v) is 19.6. The Labute approximate surface area is 201 Å². The third-order valence-electron chi connectivity index (χ3n) is 6.92. The van der Waals surface area contributed by atoms with E-state index in [9.17, 15) is 4.79 Å². The van der Waals surface area contributed by atoms with Gasteiger partial charge in [-0.1, -0.05) is 97.1 Å². The number of rotatable bonds is 6. The molecule has 4 aromatic carbocycles. The number of anilines is 1. The number of nitrogens with one attached hydrogen (secondary N) is 1. The topological polar surface area (TPSA) is 35.6 Å². The van der Waals surface area contributed by atoms with Crippen molar-refractivity contribution < 1.29 is 4.79 Å². The molecular weight excluding hydrogens is 418 g/mol. The molecule has 1 heterocycles. The van der Waals surface area contributed by atoms with Crippen molar-refractivity contribution in [2.45, 2.75) is 19.0 Å². The van der Waals surface area contributed by atoms with Crippen LogP contribution in [0.25, 0.3) is 10.8 Å². The lowest BCUT2D eigenvalue weighted by Crippen LogP contribution is -2.53. The van der Waals surface area contributed by atoms with Crippen molar-refractivity contribution in [1.29, 1.82) is 0 Å². The summed E-state index contributed by atoms with van der Waals surface area (Å²) < 4.78 is 0. The first-order valence-corrected chi connectivity index (χ1v) is 12.1. The summed E-state index contributed by atoms with van der Waals surface area (Å²) in [5, 5.41) is 5.38. The summed E-state index contributed by atoms with van der Waals surface area (Å²) in [5.41, 5.74) is 3.49. The number of carbonyl (C=O) groups is 1. The quantitative estimate of drug-likeness (QED) is 0.418. The number of piperazine rings is 1. The molecule has 1 amide bonds. The molecule has 1 aliphatic heterocycles. The Kier molecular flexibility index (Phi) is 6.70. The molecule has 1 atom stereocenters. The number of amides is 1. The highest BCUT2D eigenvalue weighted by Crippen LogP contribution is 2.30. The zero-order valence-electron chi connectivity index (χ0n) is 19.6. The van der Waals surface area contributed by atoms with Crippen LogP contribution in [0, 0.1) is 0 Å². The third-order valence-corrected chi connectivity index (χ3v) is 6.92. The van der Waals surface area contributed by atoms with Crippen LogP contribution in [0.15, 0.2) is 103 Å². The molecule has 0 aliphatic carbocycles. The fourth-order valence-electron chi connectivity index (χ4n) is 5.01. The van der Waals surface area contributed by atoms with Crippen molar-refractivity contribution in [3.8, 4) is 0 Å².